The standard InChI is InChI=1S/C29H32N4O4/c1-18(14-19-6-4-3-5-7-19)33-25-15-22(16-30)23-12-13-32(29(36)37-2)17-24(23)26(25)31-27(33)20-8-10-21(11-9-20)28(34)35/h3-7,15,18,20-21H,8-14,17H2,1-2H3,(H,34,35)/t18-,20-,21-/m0/s1. The third-order valence-electron chi connectivity index (χ3n) is 8.02. The fourth-order valence-corrected chi connectivity index (χ4v) is 6.11. The lowest BCUT2D eigenvalue weighted by molar-refractivity contribution is -0.142. The minimum atomic E-state index is -0.722. The number of carbonyl (C=O) groups is 2. The molecular weight excluding hydrogens is 468 g/mol. The van der Waals surface area contributed by atoms with Crippen molar-refractivity contribution in [3.05, 3.63) is 64.5 Å². The van der Waals surface area contributed by atoms with E-state index in [1.165, 1.54) is 12.7 Å². The van der Waals surface area contributed by atoms with Crippen molar-refractivity contribution in [2.45, 2.75) is 64.0 Å². The Morgan fingerprint density at radius 3 is 2.57 bits per heavy atom. The van der Waals surface area contributed by atoms with E-state index in [0.29, 0.717) is 37.9 Å². The maximum atomic E-state index is 12.3. The zero-order valence-corrected chi connectivity index (χ0v) is 21.3. The molecular formula is C29H32N4O4. The first-order valence-electron chi connectivity index (χ1n) is 13.0. The summed E-state index contributed by atoms with van der Waals surface area (Å²) < 4.78 is 7.25. The number of carbonyl (C=O) groups excluding carboxylic acids is 1. The summed E-state index contributed by atoms with van der Waals surface area (Å²) in [5.41, 5.74) is 5.45. The van der Waals surface area contributed by atoms with Gasteiger partial charge in [-0.15, -0.1) is 0 Å². The van der Waals surface area contributed by atoms with Gasteiger partial charge in [0.05, 0.1) is 42.2 Å². The first kappa shape index (κ1) is 24.8. The molecule has 1 aliphatic heterocycles. The van der Waals surface area contributed by atoms with Gasteiger partial charge in [0.15, 0.2) is 0 Å². The van der Waals surface area contributed by atoms with Gasteiger partial charge in [-0.2, -0.15) is 5.26 Å². The molecule has 192 valence electrons. The van der Waals surface area contributed by atoms with Gasteiger partial charge in [-0.25, -0.2) is 9.78 Å². The molecule has 0 saturated heterocycles. The molecule has 2 aromatic carbocycles. The number of methoxy groups -OCH3 is 1. The Morgan fingerprint density at radius 2 is 1.92 bits per heavy atom. The Balaban J connectivity index is 1.64. The molecule has 0 spiro atoms. The highest BCUT2D eigenvalue weighted by atomic mass is 16.5. The van der Waals surface area contributed by atoms with Crippen LogP contribution in [0.15, 0.2) is 36.4 Å². The van der Waals surface area contributed by atoms with Gasteiger partial charge in [-0.3, -0.25) is 4.79 Å². The summed E-state index contributed by atoms with van der Waals surface area (Å²) >= 11 is 0. The van der Waals surface area contributed by atoms with Gasteiger partial charge in [0.25, 0.3) is 0 Å². The molecule has 3 aromatic rings. The molecule has 1 aliphatic carbocycles. The second-order valence-corrected chi connectivity index (χ2v) is 10.3. The average molecular weight is 501 g/mol. The normalized spacial score (nSPS) is 20.2. The number of benzene rings is 2. The highest BCUT2D eigenvalue weighted by molar-refractivity contribution is 5.85. The van der Waals surface area contributed by atoms with Crippen molar-refractivity contribution in [3.63, 3.8) is 0 Å². The molecule has 1 aromatic heterocycles. The number of fused-ring (bicyclic) bond motifs is 3. The molecule has 2 aliphatic rings. The monoisotopic (exact) mass is 500 g/mol. The lowest BCUT2D eigenvalue weighted by Gasteiger charge is -2.29. The van der Waals surface area contributed by atoms with Gasteiger partial charge < -0.3 is 19.3 Å². The first-order chi connectivity index (χ1) is 17.9. The van der Waals surface area contributed by atoms with Gasteiger partial charge in [0.2, 0.25) is 0 Å². The smallest absolute Gasteiger partial charge is 0.409 e. The van der Waals surface area contributed by atoms with Gasteiger partial charge in [0, 0.05) is 24.1 Å². The largest absolute Gasteiger partial charge is 0.481 e. The van der Waals surface area contributed by atoms with Crippen molar-refractivity contribution in [2.75, 3.05) is 13.7 Å². The van der Waals surface area contributed by atoms with Crippen LogP contribution >= 0.6 is 0 Å². The van der Waals surface area contributed by atoms with E-state index < -0.39 is 5.97 Å². The lowest BCUT2D eigenvalue weighted by atomic mass is 9.81. The molecule has 37 heavy (non-hydrogen) atoms. The Kier molecular flexibility index (Phi) is 6.88. The predicted molar refractivity (Wildman–Crippen MR) is 138 cm³/mol. The Hall–Kier alpha value is -3.86. The molecule has 0 unspecified atom stereocenters. The van der Waals surface area contributed by atoms with Gasteiger partial charge >= 0.3 is 12.1 Å². The maximum Gasteiger partial charge on any atom is 0.409 e. The van der Waals surface area contributed by atoms with Crippen molar-refractivity contribution in [3.8, 4) is 6.07 Å². The molecule has 2 heterocycles. The Bertz CT molecular complexity index is 1370. The highest BCUT2D eigenvalue weighted by Crippen LogP contribution is 2.40. The summed E-state index contributed by atoms with van der Waals surface area (Å²) in [6.45, 7) is 3.02. The lowest BCUT2D eigenvalue weighted by Crippen LogP contribution is -2.36. The summed E-state index contributed by atoms with van der Waals surface area (Å²) in [7, 11) is 1.38. The number of nitrogens with zero attached hydrogens (tertiary/aromatic N) is 4. The number of aliphatic carboxylic acids is 1. The van der Waals surface area contributed by atoms with Crippen LogP contribution in [-0.4, -0.2) is 45.3 Å². The Labute approximate surface area is 216 Å². The van der Waals surface area contributed by atoms with Crippen LogP contribution in [0.1, 0.15) is 72.6 Å². The summed E-state index contributed by atoms with van der Waals surface area (Å²) in [6.07, 6.45) is 3.79. The SMILES string of the molecule is COC(=O)N1CCc2c(C#N)cc3c(nc([C@H]4CC[C@H](C(=O)O)CC4)n3[C@@H](C)Cc3ccccc3)c2C1. The van der Waals surface area contributed by atoms with Crippen LogP contribution < -0.4 is 0 Å². The topological polar surface area (TPSA) is 108 Å². The van der Waals surface area contributed by atoms with Crippen molar-refractivity contribution in [2.24, 2.45) is 5.92 Å². The number of hydrogen-bond donors (Lipinski definition) is 1. The summed E-state index contributed by atoms with van der Waals surface area (Å²) in [5, 5.41) is 19.5. The van der Waals surface area contributed by atoms with Crippen LogP contribution in [-0.2, 0) is 28.9 Å². The van der Waals surface area contributed by atoms with Gasteiger partial charge in [0.1, 0.15) is 5.82 Å². The fourth-order valence-electron chi connectivity index (χ4n) is 6.11. The zero-order valence-electron chi connectivity index (χ0n) is 21.3. The van der Waals surface area contributed by atoms with Crippen molar-refractivity contribution in [1.29, 1.82) is 5.26 Å². The van der Waals surface area contributed by atoms with Crippen LogP contribution in [0.3, 0.4) is 0 Å². The van der Waals surface area contributed by atoms with Crippen LogP contribution in [0.4, 0.5) is 4.79 Å². The predicted octanol–water partition coefficient (Wildman–Crippen LogP) is 5.19. The number of carboxylic acid groups (broad SMARTS) is 1. The van der Waals surface area contributed by atoms with Gasteiger partial charge in [-0.05, 0) is 62.6 Å². The quantitative estimate of drug-likeness (QED) is 0.516. The number of ether oxygens (including phenoxy) is 1. The van der Waals surface area contributed by atoms with Crippen molar-refractivity contribution < 1.29 is 19.4 Å². The molecule has 0 bridgehead atoms. The number of rotatable bonds is 5. The zero-order chi connectivity index (χ0) is 26.1. The summed E-state index contributed by atoms with van der Waals surface area (Å²) in [5.74, 6) is 0.0693. The molecule has 0 radical (unpaired) electrons. The Morgan fingerprint density at radius 1 is 1.19 bits per heavy atom. The van der Waals surface area contributed by atoms with Crippen LogP contribution in [0.25, 0.3) is 11.0 Å². The molecule has 8 heteroatoms. The number of imidazole rings is 1. The van der Waals surface area contributed by atoms with Gasteiger partial charge in [-0.1, -0.05) is 30.3 Å². The van der Waals surface area contributed by atoms with E-state index in [9.17, 15) is 20.0 Å². The number of aromatic nitrogens is 2. The van der Waals surface area contributed by atoms with E-state index >= 15 is 0 Å². The average Bonchev–Trinajstić information content (AvgIpc) is 3.32. The van der Waals surface area contributed by atoms with E-state index in [4.69, 9.17) is 9.72 Å². The molecule has 5 rings (SSSR count). The summed E-state index contributed by atoms with van der Waals surface area (Å²) in [4.78, 5) is 30.8. The van der Waals surface area contributed by atoms with E-state index in [-0.39, 0.29) is 24.0 Å². The van der Waals surface area contributed by atoms with Crippen LogP contribution in [0.5, 0.6) is 0 Å². The second-order valence-electron chi connectivity index (χ2n) is 10.3. The number of amides is 1. The number of carboxylic acids is 1. The van der Waals surface area contributed by atoms with Crippen molar-refractivity contribution in [1.82, 2.24) is 14.5 Å². The molecule has 8 nitrogen and oxygen atoms in total. The van der Waals surface area contributed by atoms with E-state index in [1.807, 2.05) is 24.3 Å². The first-order valence-corrected chi connectivity index (χ1v) is 13.0. The van der Waals surface area contributed by atoms with E-state index in [2.05, 4.69) is 29.7 Å². The second kappa shape index (κ2) is 10.3. The maximum absolute atomic E-state index is 12.3. The van der Waals surface area contributed by atoms with Crippen LogP contribution in [0.2, 0.25) is 0 Å². The minimum Gasteiger partial charge on any atom is -0.481 e. The fraction of sp³-hybridized carbons (Fsp3) is 0.448. The molecule has 1 fully saturated rings. The number of nitriles is 1. The highest BCUT2D eigenvalue weighted by Gasteiger charge is 2.33. The van der Waals surface area contributed by atoms with Crippen molar-refractivity contribution >= 4 is 23.1 Å². The molecule has 1 atom stereocenters. The third kappa shape index (κ3) is 4.66. The number of hydrogen-bond acceptors (Lipinski definition) is 5. The van der Waals surface area contributed by atoms with Crippen LogP contribution in [0, 0.1) is 17.2 Å². The molecule has 1 N–H and O–H groups in total. The molecule has 1 amide bonds. The van der Waals surface area contributed by atoms with E-state index in [0.717, 1.165) is 47.2 Å². The van der Waals surface area contributed by atoms with E-state index in [1.54, 1.807) is 4.90 Å². The molecule has 1 saturated carbocycles. The third-order valence-corrected chi connectivity index (χ3v) is 8.02. The summed E-state index contributed by atoms with van der Waals surface area (Å²) in [6, 6.07) is 14.7. The minimum absolute atomic E-state index is 0.0736.